The molecule has 1 fully saturated rings. The second-order valence-electron chi connectivity index (χ2n) is 8.66. The van der Waals surface area contributed by atoms with Crippen LogP contribution in [-0.2, 0) is 16.1 Å². The zero-order chi connectivity index (χ0) is 22.5. The molecular formula is C26H29ClN2O3. The highest BCUT2D eigenvalue weighted by molar-refractivity contribution is 6.30. The number of hydrogen-bond acceptors (Lipinski definition) is 3. The number of aromatic nitrogens is 2. The lowest BCUT2D eigenvalue weighted by Gasteiger charge is -2.28. The van der Waals surface area contributed by atoms with E-state index in [1.54, 1.807) is 0 Å². The molecule has 168 valence electrons. The van der Waals surface area contributed by atoms with Crippen LogP contribution >= 0.6 is 11.6 Å². The number of rotatable bonds is 8. The predicted octanol–water partition coefficient (Wildman–Crippen LogP) is 6.09. The van der Waals surface area contributed by atoms with E-state index in [4.69, 9.17) is 26.5 Å². The molecule has 0 amide bonds. The second-order valence-corrected chi connectivity index (χ2v) is 9.10. The lowest BCUT2D eigenvalue weighted by molar-refractivity contribution is -0.142. The van der Waals surface area contributed by atoms with E-state index in [1.807, 2.05) is 30.3 Å². The minimum atomic E-state index is -0.904. The van der Waals surface area contributed by atoms with Crippen molar-refractivity contribution in [2.24, 2.45) is 11.8 Å². The van der Waals surface area contributed by atoms with Gasteiger partial charge < -0.3 is 9.84 Å². The average molecular weight is 453 g/mol. The highest BCUT2D eigenvalue weighted by Crippen LogP contribution is 2.36. The van der Waals surface area contributed by atoms with E-state index in [0.717, 1.165) is 65.3 Å². The quantitative estimate of drug-likeness (QED) is 0.449. The molecule has 0 unspecified atom stereocenters. The second kappa shape index (κ2) is 10.3. The third kappa shape index (κ3) is 5.40. The summed E-state index contributed by atoms with van der Waals surface area (Å²) in [6.45, 7) is 3.37. The molecule has 3 aromatic rings. The van der Waals surface area contributed by atoms with Gasteiger partial charge in [0.25, 0.3) is 0 Å². The highest BCUT2D eigenvalue weighted by atomic mass is 35.5. The Morgan fingerprint density at radius 2 is 1.69 bits per heavy atom. The summed E-state index contributed by atoms with van der Waals surface area (Å²) in [7, 11) is 0. The summed E-state index contributed by atoms with van der Waals surface area (Å²) in [5, 5.41) is 14.5. The minimum Gasteiger partial charge on any atom is -0.480 e. The molecule has 5 nitrogen and oxygen atoms in total. The van der Waals surface area contributed by atoms with E-state index in [9.17, 15) is 4.79 Å². The molecule has 0 bridgehead atoms. The number of hydrogen-bond donors (Lipinski definition) is 1. The molecule has 0 aliphatic heterocycles. The van der Waals surface area contributed by atoms with Gasteiger partial charge in [0.2, 0.25) is 0 Å². The molecule has 0 spiro atoms. The maximum atomic E-state index is 10.6. The van der Waals surface area contributed by atoms with Crippen LogP contribution in [0.4, 0.5) is 0 Å². The Kier molecular flexibility index (Phi) is 7.28. The normalized spacial score (nSPS) is 18.6. The fraction of sp³-hybridized carbons (Fsp3) is 0.385. The van der Waals surface area contributed by atoms with Crippen molar-refractivity contribution in [2.45, 2.75) is 39.2 Å². The highest BCUT2D eigenvalue weighted by Gasteiger charge is 2.24. The van der Waals surface area contributed by atoms with Crippen LogP contribution < -0.4 is 0 Å². The van der Waals surface area contributed by atoms with E-state index < -0.39 is 5.97 Å². The van der Waals surface area contributed by atoms with Crippen LogP contribution in [0.25, 0.3) is 22.4 Å². The van der Waals surface area contributed by atoms with Gasteiger partial charge >= 0.3 is 5.97 Å². The van der Waals surface area contributed by atoms with Gasteiger partial charge in [-0.15, -0.1) is 0 Å². The average Bonchev–Trinajstić information content (AvgIpc) is 3.12. The summed E-state index contributed by atoms with van der Waals surface area (Å²) in [5.74, 6) is 0.110. The molecule has 1 saturated carbocycles. The Morgan fingerprint density at radius 3 is 2.34 bits per heavy atom. The molecule has 4 rings (SSSR count). The molecule has 32 heavy (non-hydrogen) atoms. The maximum absolute atomic E-state index is 10.6. The predicted molar refractivity (Wildman–Crippen MR) is 127 cm³/mol. The topological polar surface area (TPSA) is 64.4 Å². The van der Waals surface area contributed by atoms with Crippen LogP contribution in [0.15, 0.2) is 54.6 Å². The molecule has 0 atom stereocenters. The van der Waals surface area contributed by atoms with Gasteiger partial charge in [0.05, 0.1) is 6.61 Å². The number of carboxylic acids is 1. The first-order chi connectivity index (χ1) is 15.5. The Balaban J connectivity index is 1.51. The molecule has 1 heterocycles. The standard InChI is InChI=1S/C26H29ClN2O3/c1-18-25(21-11-13-23(27)14-12-21)26(22-5-3-2-4-6-22)28-29(18)15-19-7-9-20(10-8-19)16-32-17-24(30)31/h2-6,11-14,19-20H,7-10,15-17H2,1H3,(H,30,31)/t19-,20-. The zero-order valence-corrected chi connectivity index (χ0v) is 19.1. The van der Waals surface area contributed by atoms with Gasteiger partial charge in [-0.05, 0) is 62.1 Å². The molecule has 1 N–H and O–H groups in total. The summed E-state index contributed by atoms with van der Waals surface area (Å²) >= 11 is 6.13. The number of nitrogens with zero attached hydrogens (tertiary/aromatic N) is 2. The lowest BCUT2D eigenvalue weighted by Crippen LogP contribution is -2.23. The van der Waals surface area contributed by atoms with Crippen molar-refractivity contribution in [1.29, 1.82) is 0 Å². The summed E-state index contributed by atoms with van der Waals surface area (Å²) in [5.41, 5.74) is 5.55. The molecular weight excluding hydrogens is 424 g/mol. The third-order valence-electron chi connectivity index (χ3n) is 6.36. The van der Waals surface area contributed by atoms with Crippen LogP contribution in [0.5, 0.6) is 0 Å². The van der Waals surface area contributed by atoms with Crippen molar-refractivity contribution in [3.05, 3.63) is 65.3 Å². The van der Waals surface area contributed by atoms with E-state index in [2.05, 4.69) is 35.9 Å². The zero-order valence-electron chi connectivity index (χ0n) is 18.3. The van der Waals surface area contributed by atoms with Crippen molar-refractivity contribution in [2.75, 3.05) is 13.2 Å². The monoisotopic (exact) mass is 452 g/mol. The fourth-order valence-corrected chi connectivity index (χ4v) is 4.75. The van der Waals surface area contributed by atoms with Gasteiger partial charge in [-0.3, -0.25) is 4.68 Å². The SMILES string of the molecule is Cc1c(-c2ccc(Cl)cc2)c(-c2ccccc2)nn1C[C@H]1CC[C@H](COCC(=O)O)CC1. The lowest BCUT2D eigenvalue weighted by atomic mass is 9.82. The summed E-state index contributed by atoms with van der Waals surface area (Å²) in [6.07, 6.45) is 4.36. The number of carbonyl (C=O) groups is 1. The number of halogens is 1. The van der Waals surface area contributed by atoms with Crippen molar-refractivity contribution >= 4 is 17.6 Å². The van der Waals surface area contributed by atoms with Crippen LogP contribution in [0.3, 0.4) is 0 Å². The van der Waals surface area contributed by atoms with Crippen LogP contribution in [0.2, 0.25) is 5.02 Å². The molecule has 6 heteroatoms. The Bertz CT molecular complexity index is 1040. The molecule has 1 aromatic heterocycles. The summed E-state index contributed by atoms with van der Waals surface area (Å²) in [4.78, 5) is 10.6. The molecule has 2 aromatic carbocycles. The molecule has 1 aliphatic carbocycles. The van der Waals surface area contributed by atoms with Gasteiger partial charge in [-0.2, -0.15) is 5.10 Å². The first-order valence-corrected chi connectivity index (χ1v) is 11.6. The largest absolute Gasteiger partial charge is 0.480 e. The summed E-state index contributed by atoms with van der Waals surface area (Å²) < 4.78 is 7.47. The van der Waals surface area contributed by atoms with Crippen molar-refractivity contribution in [3.8, 4) is 22.4 Å². The Labute approximate surface area is 194 Å². The van der Waals surface area contributed by atoms with Crippen LogP contribution in [-0.4, -0.2) is 34.1 Å². The van der Waals surface area contributed by atoms with Crippen molar-refractivity contribution < 1.29 is 14.6 Å². The van der Waals surface area contributed by atoms with Crippen LogP contribution in [0.1, 0.15) is 31.4 Å². The molecule has 1 aliphatic rings. The molecule has 0 saturated heterocycles. The minimum absolute atomic E-state index is 0.206. The smallest absolute Gasteiger partial charge is 0.329 e. The number of benzene rings is 2. The number of carboxylic acid groups (broad SMARTS) is 1. The van der Waals surface area contributed by atoms with E-state index >= 15 is 0 Å². The van der Waals surface area contributed by atoms with Gasteiger partial charge in [0, 0.05) is 28.4 Å². The molecule has 0 radical (unpaired) electrons. The van der Waals surface area contributed by atoms with Gasteiger partial charge in [0.15, 0.2) is 0 Å². The van der Waals surface area contributed by atoms with Gasteiger partial charge in [0.1, 0.15) is 12.3 Å². The fourth-order valence-electron chi connectivity index (χ4n) is 4.62. The first kappa shape index (κ1) is 22.6. The van der Waals surface area contributed by atoms with Gasteiger partial charge in [-0.25, -0.2) is 4.79 Å². The Morgan fingerprint density at radius 1 is 1.03 bits per heavy atom. The van der Waals surface area contributed by atoms with Crippen molar-refractivity contribution in [1.82, 2.24) is 9.78 Å². The van der Waals surface area contributed by atoms with Crippen molar-refractivity contribution in [3.63, 3.8) is 0 Å². The Hall–Kier alpha value is -2.63. The van der Waals surface area contributed by atoms with E-state index in [-0.39, 0.29) is 6.61 Å². The third-order valence-corrected chi connectivity index (χ3v) is 6.62. The number of ether oxygens (including phenoxy) is 1. The van der Waals surface area contributed by atoms with E-state index in [1.165, 1.54) is 0 Å². The summed E-state index contributed by atoms with van der Waals surface area (Å²) in [6, 6.07) is 18.3. The van der Waals surface area contributed by atoms with E-state index in [0.29, 0.717) is 18.4 Å². The maximum Gasteiger partial charge on any atom is 0.329 e. The van der Waals surface area contributed by atoms with Gasteiger partial charge in [-0.1, -0.05) is 54.1 Å². The number of aliphatic carboxylic acids is 1. The van der Waals surface area contributed by atoms with Crippen LogP contribution in [0, 0.1) is 18.8 Å². The first-order valence-electron chi connectivity index (χ1n) is 11.2.